The maximum Gasteiger partial charge on any atom is 0.254 e. The Hall–Kier alpha value is -0.620. The Morgan fingerprint density at radius 3 is 2.90 bits per heavy atom. The van der Waals surface area contributed by atoms with E-state index in [9.17, 15) is 4.79 Å². The van der Waals surface area contributed by atoms with Gasteiger partial charge in [0.1, 0.15) is 0 Å². The molecule has 1 fully saturated rings. The summed E-state index contributed by atoms with van der Waals surface area (Å²) in [6.07, 6.45) is 2.20. The lowest BCUT2D eigenvalue weighted by Gasteiger charge is -2.25. The lowest BCUT2D eigenvalue weighted by Crippen LogP contribution is -2.42. The minimum absolute atomic E-state index is 0.0415. The molecule has 110 valence electrons. The van der Waals surface area contributed by atoms with Gasteiger partial charge in [0.25, 0.3) is 5.91 Å². The van der Waals surface area contributed by atoms with Gasteiger partial charge in [0, 0.05) is 34.2 Å². The van der Waals surface area contributed by atoms with E-state index in [1.807, 2.05) is 0 Å². The average molecular weight is 362 g/mol. The molecule has 1 aliphatic rings. The molecule has 20 heavy (non-hydrogen) atoms. The molecule has 1 atom stereocenters. The molecule has 6 heteroatoms. The first kappa shape index (κ1) is 15.8. The zero-order valence-corrected chi connectivity index (χ0v) is 13.5. The van der Waals surface area contributed by atoms with Gasteiger partial charge in [-0.15, -0.1) is 0 Å². The number of nitrogens with zero attached hydrogens (tertiary/aromatic N) is 1. The Bertz CT molecular complexity index is 458. The summed E-state index contributed by atoms with van der Waals surface area (Å²) in [5.74, 6) is -0.101. The molecule has 2 rings (SSSR count). The molecule has 1 saturated heterocycles. The lowest BCUT2D eigenvalue weighted by atomic mass is 10.1. The number of amides is 1. The number of carbonyl (C=O) groups excluding carboxylic acids is 1. The van der Waals surface area contributed by atoms with Gasteiger partial charge in [-0.25, -0.2) is 0 Å². The van der Waals surface area contributed by atoms with Gasteiger partial charge in [0.2, 0.25) is 0 Å². The van der Waals surface area contributed by atoms with E-state index < -0.39 is 0 Å². The van der Waals surface area contributed by atoms with E-state index in [4.69, 9.17) is 16.7 Å². The molecule has 2 N–H and O–H groups in total. The van der Waals surface area contributed by atoms with Crippen LogP contribution in [0.4, 0.5) is 0 Å². The monoisotopic (exact) mass is 360 g/mol. The molecular formula is C14H18BrClN2O2. The molecule has 0 radical (unpaired) electrons. The van der Waals surface area contributed by atoms with E-state index in [1.54, 1.807) is 23.1 Å². The van der Waals surface area contributed by atoms with Gasteiger partial charge in [-0.3, -0.25) is 4.79 Å². The SMILES string of the molecule is O=C(c1cc(Cl)cc(Br)c1)N(CCO)CC1CCCN1. The van der Waals surface area contributed by atoms with Crippen LogP contribution in [0.5, 0.6) is 0 Å². The maximum absolute atomic E-state index is 12.5. The second kappa shape index (κ2) is 7.41. The molecule has 0 saturated carbocycles. The first-order chi connectivity index (χ1) is 9.60. The Kier molecular flexibility index (Phi) is 5.84. The highest BCUT2D eigenvalue weighted by atomic mass is 79.9. The Balaban J connectivity index is 2.12. The lowest BCUT2D eigenvalue weighted by molar-refractivity contribution is 0.0706. The highest BCUT2D eigenvalue weighted by molar-refractivity contribution is 9.10. The molecule has 4 nitrogen and oxygen atoms in total. The smallest absolute Gasteiger partial charge is 0.254 e. The third-order valence-electron chi connectivity index (χ3n) is 3.37. The predicted molar refractivity (Wildman–Crippen MR) is 83.2 cm³/mol. The largest absolute Gasteiger partial charge is 0.395 e. The van der Waals surface area contributed by atoms with Gasteiger partial charge in [-0.2, -0.15) is 0 Å². The highest BCUT2D eigenvalue weighted by Crippen LogP contribution is 2.21. The minimum Gasteiger partial charge on any atom is -0.395 e. The van der Waals surface area contributed by atoms with Crippen molar-refractivity contribution in [2.75, 3.05) is 26.2 Å². The van der Waals surface area contributed by atoms with E-state index >= 15 is 0 Å². The van der Waals surface area contributed by atoms with Crippen LogP contribution in [0.25, 0.3) is 0 Å². The van der Waals surface area contributed by atoms with Crippen LogP contribution < -0.4 is 5.32 Å². The molecule has 0 aliphatic carbocycles. The summed E-state index contributed by atoms with van der Waals surface area (Å²) in [6, 6.07) is 5.46. The minimum atomic E-state index is -0.101. The molecular weight excluding hydrogens is 344 g/mol. The Labute approximate surface area is 132 Å². The number of rotatable bonds is 5. The van der Waals surface area contributed by atoms with E-state index in [2.05, 4.69) is 21.2 Å². The molecule has 1 aromatic carbocycles. The molecule has 1 unspecified atom stereocenters. The van der Waals surface area contributed by atoms with Crippen molar-refractivity contribution in [3.8, 4) is 0 Å². The second-order valence-corrected chi connectivity index (χ2v) is 6.28. The van der Waals surface area contributed by atoms with E-state index in [-0.39, 0.29) is 12.5 Å². The number of hydrogen-bond donors (Lipinski definition) is 2. The average Bonchev–Trinajstić information content (AvgIpc) is 2.89. The molecule has 1 amide bonds. The van der Waals surface area contributed by atoms with Crippen LogP contribution in [0.3, 0.4) is 0 Å². The number of hydrogen-bond acceptors (Lipinski definition) is 3. The molecule has 1 aliphatic heterocycles. The quantitative estimate of drug-likeness (QED) is 0.846. The number of halogens is 2. The predicted octanol–water partition coefficient (Wildman–Crippen LogP) is 2.29. The first-order valence-electron chi connectivity index (χ1n) is 6.70. The fraction of sp³-hybridized carbons (Fsp3) is 0.500. The van der Waals surface area contributed by atoms with E-state index in [0.717, 1.165) is 23.9 Å². The fourth-order valence-corrected chi connectivity index (χ4v) is 3.30. The van der Waals surface area contributed by atoms with Crippen LogP contribution in [0, 0.1) is 0 Å². The highest BCUT2D eigenvalue weighted by Gasteiger charge is 2.22. The van der Waals surface area contributed by atoms with Crippen molar-refractivity contribution in [2.45, 2.75) is 18.9 Å². The van der Waals surface area contributed by atoms with E-state index in [0.29, 0.717) is 29.7 Å². The number of nitrogens with one attached hydrogen (secondary N) is 1. The van der Waals surface area contributed by atoms with Crippen molar-refractivity contribution >= 4 is 33.4 Å². The number of aliphatic hydroxyl groups excluding tert-OH is 1. The van der Waals surface area contributed by atoms with Gasteiger partial charge >= 0.3 is 0 Å². The molecule has 0 bridgehead atoms. The van der Waals surface area contributed by atoms with Crippen molar-refractivity contribution < 1.29 is 9.90 Å². The van der Waals surface area contributed by atoms with E-state index in [1.165, 1.54) is 0 Å². The number of benzene rings is 1. The maximum atomic E-state index is 12.5. The van der Waals surface area contributed by atoms with Crippen molar-refractivity contribution in [3.63, 3.8) is 0 Å². The zero-order valence-electron chi connectivity index (χ0n) is 11.1. The molecule has 1 heterocycles. The van der Waals surface area contributed by atoms with Gasteiger partial charge < -0.3 is 15.3 Å². The van der Waals surface area contributed by atoms with Crippen molar-refractivity contribution in [1.82, 2.24) is 10.2 Å². The second-order valence-electron chi connectivity index (χ2n) is 4.93. The number of carbonyl (C=O) groups is 1. The molecule has 0 aromatic heterocycles. The summed E-state index contributed by atoms with van der Waals surface area (Å²) in [4.78, 5) is 14.2. The normalized spacial score (nSPS) is 18.2. The molecule has 0 spiro atoms. The third-order valence-corrected chi connectivity index (χ3v) is 4.05. The van der Waals surface area contributed by atoms with Crippen molar-refractivity contribution in [3.05, 3.63) is 33.3 Å². The topological polar surface area (TPSA) is 52.6 Å². The summed E-state index contributed by atoms with van der Waals surface area (Å²) >= 11 is 9.32. The Morgan fingerprint density at radius 1 is 1.50 bits per heavy atom. The Morgan fingerprint density at radius 2 is 2.30 bits per heavy atom. The summed E-state index contributed by atoms with van der Waals surface area (Å²) in [5.41, 5.74) is 0.538. The van der Waals surface area contributed by atoms with Crippen LogP contribution in [0.2, 0.25) is 5.02 Å². The van der Waals surface area contributed by atoms with Gasteiger partial charge in [-0.1, -0.05) is 27.5 Å². The summed E-state index contributed by atoms with van der Waals surface area (Å²) in [5, 5.41) is 13.0. The van der Waals surface area contributed by atoms with Crippen molar-refractivity contribution in [1.29, 1.82) is 0 Å². The van der Waals surface area contributed by atoms with Crippen LogP contribution >= 0.6 is 27.5 Å². The van der Waals surface area contributed by atoms with Crippen LogP contribution in [0.15, 0.2) is 22.7 Å². The zero-order chi connectivity index (χ0) is 14.5. The van der Waals surface area contributed by atoms with Crippen LogP contribution in [0.1, 0.15) is 23.2 Å². The summed E-state index contributed by atoms with van der Waals surface area (Å²) < 4.78 is 0.774. The number of aliphatic hydroxyl groups is 1. The van der Waals surface area contributed by atoms with Gasteiger partial charge in [0.15, 0.2) is 0 Å². The standard InChI is InChI=1S/C14H18BrClN2O2/c15-11-6-10(7-12(16)8-11)14(20)18(4-5-19)9-13-2-1-3-17-13/h6-8,13,17,19H,1-5,9H2. The van der Waals surface area contributed by atoms with Gasteiger partial charge in [0.05, 0.1) is 6.61 Å². The van der Waals surface area contributed by atoms with Crippen molar-refractivity contribution in [2.24, 2.45) is 0 Å². The van der Waals surface area contributed by atoms with Crippen LogP contribution in [-0.2, 0) is 0 Å². The van der Waals surface area contributed by atoms with Gasteiger partial charge in [-0.05, 0) is 37.6 Å². The third kappa shape index (κ3) is 4.19. The van der Waals surface area contributed by atoms with Crippen LogP contribution in [-0.4, -0.2) is 48.2 Å². The molecule has 1 aromatic rings. The summed E-state index contributed by atoms with van der Waals surface area (Å²) in [7, 11) is 0. The summed E-state index contributed by atoms with van der Waals surface area (Å²) in [6.45, 7) is 1.90. The first-order valence-corrected chi connectivity index (χ1v) is 7.87. The fourth-order valence-electron chi connectivity index (χ4n) is 2.43.